The van der Waals surface area contributed by atoms with Crippen molar-refractivity contribution in [2.24, 2.45) is 0 Å². The molecular weight excluding hydrogens is 676 g/mol. The van der Waals surface area contributed by atoms with E-state index in [9.17, 15) is 9.59 Å². The molecule has 14 heteroatoms. The zero-order valence-corrected chi connectivity index (χ0v) is 28.8. The number of thioether (sulfide) groups is 1. The van der Waals surface area contributed by atoms with Crippen molar-refractivity contribution in [3.8, 4) is 17.2 Å². The van der Waals surface area contributed by atoms with E-state index in [0.717, 1.165) is 18.6 Å². The number of methoxy groups -OCH3 is 1. The molecule has 0 aliphatic carbocycles. The SMILES string of the molecule is CCCCSc1nc2n(n1)C(c1cc(Br)c(OCC(=O)N3CCOCC3)c(OC)c1)C(C(=O)Nc1ccccc1OCC)=C(C)N2. The van der Waals surface area contributed by atoms with Crippen molar-refractivity contribution >= 4 is 51.1 Å². The second-order valence-electron chi connectivity index (χ2n) is 10.6. The summed E-state index contributed by atoms with van der Waals surface area (Å²) in [6.45, 7) is 8.26. The van der Waals surface area contributed by atoms with E-state index in [2.05, 4.69) is 33.5 Å². The summed E-state index contributed by atoms with van der Waals surface area (Å²) in [5, 5.41) is 11.8. The first-order chi connectivity index (χ1) is 22.3. The number of unbranched alkanes of at least 4 members (excludes halogenated alkanes) is 1. The summed E-state index contributed by atoms with van der Waals surface area (Å²) in [7, 11) is 1.54. The number of aromatic nitrogens is 3. The lowest BCUT2D eigenvalue weighted by Gasteiger charge is -2.29. The molecule has 1 aromatic heterocycles. The quantitative estimate of drug-likeness (QED) is 0.173. The Kier molecular flexibility index (Phi) is 11.5. The van der Waals surface area contributed by atoms with Gasteiger partial charge in [-0.25, -0.2) is 4.68 Å². The van der Waals surface area contributed by atoms with Gasteiger partial charge in [0, 0.05) is 24.5 Å². The maximum Gasteiger partial charge on any atom is 0.260 e. The molecule has 12 nitrogen and oxygen atoms in total. The molecule has 1 saturated heterocycles. The van der Waals surface area contributed by atoms with Crippen LogP contribution in [0.4, 0.5) is 11.6 Å². The highest BCUT2D eigenvalue weighted by Crippen LogP contribution is 2.43. The highest BCUT2D eigenvalue weighted by Gasteiger charge is 2.36. The van der Waals surface area contributed by atoms with Crippen LogP contribution in [0.15, 0.2) is 57.3 Å². The number of ether oxygens (including phenoxy) is 4. The average Bonchev–Trinajstić information content (AvgIpc) is 3.46. The summed E-state index contributed by atoms with van der Waals surface area (Å²) in [5.74, 6) is 2.31. The second kappa shape index (κ2) is 15.7. The lowest BCUT2D eigenvalue weighted by Crippen LogP contribution is -2.43. The molecule has 0 spiro atoms. The Morgan fingerprint density at radius 2 is 1.93 bits per heavy atom. The van der Waals surface area contributed by atoms with Gasteiger partial charge in [0.15, 0.2) is 18.1 Å². The average molecular weight is 716 g/mol. The zero-order chi connectivity index (χ0) is 32.6. The number of carbonyl (C=O) groups excluding carboxylic acids is 2. The lowest BCUT2D eigenvalue weighted by molar-refractivity contribution is -0.137. The van der Waals surface area contributed by atoms with Gasteiger partial charge in [-0.2, -0.15) is 4.98 Å². The first-order valence-corrected chi connectivity index (χ1v) is 17.1. The fraction of sp³-hybridized carbons (Fsp3) is 0.438. The van der Waals surface area contributed by atoms with Crippen molar-refractivity contribution in [1.82, 2.24) is 19.7 Å². The van der Waals surface area contributed by atoms with Gasteiger partial charge in [-0.05, 0) is 66.0 Å². The fourth-order valence-corrected chi connectivity index (χ4v) is 6.71. The Morgan fingerprint density at radius 1 is 1.15 bits per heavy atom. The van der Waals surface area contributed by atoms with Gasteiger partial charge in [0.05, 0.1) is 42.7 Å². The zero-order valence-electron chi connectivity index (χ0n) is 26.4. The number of rotatable bonds is 13. The summed E-state index contributed by atoms with van der Waals surface area (Å²) in [5.41, 5.74) is 2.34. The number of benzene rings is 2. The number of para-hydroxylation sites is 2. The van der Waals surface area contributed by atoms with Crippen molar-refractivity contribution in [3.05, 3.63) is 57.7 Å². The molecular formula is C32H39BrN6O6S. The maximum absolute atomic E-state index is 14.1. The van der Waals surface area contributed by atoms with Crippen molar-refractivity contribution in [2.45, 2.75) is 44.8 Å². The largest absolute Gasteiger partial charge is 0.493 e. The smallest absolute Gasteiger partial charge is 0.260 e. The molecule has 2 aliphatic heterocycles. The first kappa shape index (κ1) is 33.6. The van der Waals surface area contributed by atoms with Crippen LogP contribution in [0.3, 0.4) is 0 Å². The van der Waals surface area contributed by atoms with E-state index in [1.54, 1.807) is 33.5 Å². The Hall–Kier alpha value is -3.75. The van der Waals surface area contributed by atoms with Crippen molar-refractivity contribution in [2.75, 3.05) is 63.0 Å². The molecule has 3 heterocycles. The van der Waals surface area contributed by atoms with E-state index in [4.69, 9.17) is 29.0 Å². The van der Waals surface area contributed by atoms with Crippen LogP contribution >= 0.6 is 27.7 Å². The Morgan fingerprint density at radius 3 is 2.67 bits per heavy atom. The number of amides is 2. The van der Waals surface area contributed by atoms with Gasteiger partial charge in [0.2, 0.25) is 11.1 Å². The number of carbonyl (C=O) groups is 2. The molecule has 2 amide bonds. The van der Waals surface area contributed by atoms with Gasteiger partial charge in [-0.15, -0.1) is 5.10 Å². The molecule has 1 unspecified atom stereocenters. The lowest BCUT2D eigenvalue weighted by atomic mass is 9.94. The predicted octanol–water partition coefficient (Wildman–Crippen LogP) is 5.51. The van der Waals surface area contributed by atoms with Gasteiger partial charge >= 0.3 is 0 Å². The second-order valence-corrected chi connectivity index (χ2v) is 12.5. The molecule has 2 aromatic carbocycles. The van der Waals surface area contributed by atoms with Gasteiger partial charge in [-0.1, -0.05) is 37.2 Å². The van der Waals surface area contributed by atoms with Gasteiger partial charge in [-0.3, -0.25) is 9.59 Å². The predicted molar refractivity (Wildman–Crippen MR) is 180 cm³/mol. The number of morpholine rings is 1. The Labute approximate surface area is 281 Å². The summed E-state index contributed by atoms with van der Waals surface area (Å²) in [6.07, 6.45) is 2.10. The van der Waals surface area contributed by atoms with E-state index in [-0.39, 0.29) is 18.4 Å². The number of halogens is 1. The molecule has 246 valence electrons. The molecule has 46 heavy (non-hydrogen) atoms. The number of hydrogen-bond acceptors (Lipinski definition) is 10. The molecule has 1 atom stereocenters. The van der Waals surface area contributed by atoms with Gasteiger partial charge in [0.25, 0.3) is 11.8 Å². The third kappa shape index (κ3) is 7.61. The monoisotopic (exact) mass is 714 g/mol. The highest BCUT2D eigenvalue weighted by molar-refractivity contribution is 9.10. The molecule has 2 N–H and O–H groups in total. The summed E-state index contributed by atoms with van der Waals surface area (Å²) in [6, 6.07) is 10.3. The number of anilines is 2. The number of fused-ring (bicyclic) bond motifs is 1. The van der Waals surface area contributed by atoms with Crippen LogP contribution < -0.4 is 24.8 Å². The topological polar surface area (TPSA) is 129 Å². The van der Waals surface area contributed by atoms with Crippen molar-refractivity contribution in [3.63, 3.8) is 0 Å². The molecule has 3 aromatic rings. The minimum Gasteiger partial charge on any atom is -0.493 e. The van der Waals surface area contributed by atoms with Crippen LogP contribution in [0.2, 0.25) is 0 Å². The number of allylic oxidation sites excluding steroid dienone is 1. The maximum atomic E-state index is 14.1. The summed E-state index contributed by atoms with van der Waals surface area (Å²) in [4.78, 5) is 33.4. The third-order valence-electron chi connectivity index (χ3n) is 7.51. The normalized spacial score (nSPS) is 16.0. The minimum atomic E-state index is -0.669. The number of hydrogen-bond donors (Lipinski definition) is 2. The van der Waals surface area contributed by atoms with Gasteiger partial charge in [0.1, 0.15) is 11.8 Å². The molecule has 0 radical (unpaired) electrons. The van der Waals surface area contributed by atoms with Crippen LogP contribution in [0.25, 0.3) is 0 Å². The summed E-state index contributed by atoms with van der Waals surface area (Å²) < 4.78 is 25.2. The number of nitrogens with zero attached hydrogens (tertiary/aromatic N) is 4. The van der Waals surface area contributed by atoms with E-state index in [0.29, 0.717) is 88.3 Å². The van der Waals surface area contributed by atoms with Crippen molar-refractivity contribution in [1.29, 1.82) is 0 Å². The number of nitrogens with one attached hydrogen (secondary N) is 2. The molecule has 0 saturated carbocycles. The van der Waals surface area contributed by atoms with E-state index in [1.165, 1.54) is 7.11 Å². The summed E-state index contributed by atoms with van der Waals surface area (Å²) >= 11 is 5.22. The fourth-order valence-electron chi connectivity index (χ4n) is 5.22. The Bertz CT molecular complexity index is 1590. The van der Waals surface area contributed by atoms with Gasteiger partial charge < -0.3 is 34.5 Å². The molecule has 2 aliphatic rings. The van der Waals surface area contributed by atoms with Crippen LogP contribution in [-0.4, -0.2) is 83.9 Å². The van der Waals surface area contributed by atoms with E-state index >= 15 is 0 Å². The molecule has 1 fully saturated rings. The minimum absolute atomic E-state index is 0.134. The first-order valence-electron chi connectivity index (χ1n) is 15.3. The van der Waals surface area contributed by atoms with E-state index < -0.39 is 6.04 Å². The van der Waals surface area contributed by atoms with Crippen LogP contribution in [0, 0.1) is 0 Å². The molecule has 5 rings (SSSR count). The van der Waals surface area contributed by atoms with Crippen LogP contribution in [0.1, 0.15) is 45.2 Å². The van der Waals surface area contributed by atoms with E-state index in [1.807, 2.05) is 38.1 Å². The Balaban J connectivity index is 1.50. The molecule has 0 bridgehead atoms. The van der Waals surface area contributed by atoms with Crippen LogP contribution in [0.5, 0.6) is 17.2 Å². The third-order valence-corrected chi connectivity index (χ3v) is 9.03. The highest BCUT2D eigenvalue weighted by atomic mass is 79.9. The standard InChI is InChI=1S/C32H39BrN6O6S/c1-5-7-16-46-32-36-31-34-20(3)27(30(41)35-23-10-8-9-11-24(23)44-6-2)28(39(31)37-32)21-17-22(33)29(25(18-21)42-4)45-19-26(40)38-12-14-43-15-13-38/h8-11,17-18,28H,5-7,12-16,19H2,1-4H3,(H,35,41)(H,34,36,37). The van der Waals surface area contributed by atoms with Crippen LogP contribution in [-0.2, 0) is 14.3 Å². The van der Waals surface area contributed by atoms with Crippen molar-refractivity contribution < 1.29 is 28.5 Å².